The van der Waals surface area contributed by atoms with Crippen LogP contribution in [0, 0.1) is 17.7 Å². The maximum atomic E-state index is 13.9. The molecule has 0 saturated heterocycles. The molecule has 0 fully saturated rings. The molecule has 1 atom stereocenters. The Hall–Kier alpha value is -2.17. The summed E-state index contributed by atoms with van der Waals surface area (Å²) in [5.74, 6) is 0.254. The molecule has 0 spiro atoms. The summed E-state index contributed by atoms with van der Waals surface area (Å²) in [5.41, 5.74) is 0.949. The van der Waals surface area contributed by atoms with Crippen molar-refractivity contribution in [2.45, 2.75) is 101 Å². The molecule has 1 aromatic carbocycles. The Balaban J connectivity index is -0.000000503. The fourth-order valence-electron chi connectivity index (χ4n) is 2.44. The lowest BCUT2D eigenvalue weighted by atomic mass is 9.90. The Bertz CT molecular complexity index is 678. The van der Waals surface area contributed by atoms with E-state index in [9.17, 15) is 18.8 Å². The Kier molecular flexibility index (Phi) is 22.3. The predicted octanol–water partition coefficient (Wildman–Crippen LogP) is 7.62. The number of aldehydes is 2. The molecule has 5 heteroatoms. The summed E-state index contributed by atoms with van der Waals surface area (Å²) >= 11 is 0. The van der Waals surface area contributed by atoms with Gasteiger partial charge in [0, 0.05) is 29.9 Å². The van der Waals surface area contributed by atoms with Gasteiger partial charge in [0.15, 0.2) is 12.1 Å². The van der Waals surface area contributed by atoms with Crippen molar-refractivity contribution in [1.82, 2.24) is 0 Å². The van der Waals surface area contributed by atoms with Gasteiger partial charge in [-0.25, -0.2) is 4.39 Å². The summed E-state index contributed by atoms with van der Waals surface area (Å²) in [4.78, 5) is 42.6. The summed E-state index contributed by atoms with van der Waals surface area (Å²) in [6.07, 6.45) is 4.57. The van der Waals surface area contributed by atoms with Crippen LogP contribution in [0.1, 0.15) is 127 Å². The lowest BCUT2D eigenvalue weighted by molar-refractivity contribution is -0.119. The third-order valence-electron chi connectivity index (χ3n) is 4.64. The third-order valence-corrected chi connectivity index (χ3v) is 4.64. The first kappa shape index (κ1) is 34.4. The zero-order valence-corrected chi connectivity index (χ0v) is 21.9. The second kappa shape index (κ2) is 20.7. The van der Waals surface area contributed by atoms with Crippen LogP contribution in [0.4, 0.5) is 4.39 Å². The van der Waals surface area contributed by atoms with Crippen molar-refractivity contribution >= 4 is 24.1 Å². The number of rotatable bonds is 9. The molecular formula is C27H45FO4. The molecule has 0 aliphatic rings. The van der Waals surface area contributed by atoms with Crippen molar-refractivity contribution in [3.05, 3.63) is 34.6 Å². The molecule has 0 radical (unpaired) electrons. The molecule has 4 nitrogen and oxygen atoms in total. The number of carbonyl (C=O) groups is 4. The van der Waals surface area contributed by atoms with Crippen LogP contribution in [-0.2, 0) is 9.59 Å². The number of carbonyl (C=O) groups excluding carboxylic acids is 4. The highest BCUT2D eigenvalue weighted by Crippen LogP contribution is 2.24. The average Bonchev–Trinajstić information content (AvgIpc) is 2.78. The van der Waals surface area contributed by atoms with E-state index in [2.05, 4.69) is 13.8 Å². The first-order valence-electron chi connectivity index (χ1n) is 11.7. The van der Waals surface area contributed by atoms with Gasteiger partial charge in [-0.3, -0.25) is 14.4 Å². The van der Waals surface area contributed by atoms with Gasteiger partial charge in [0.2, 0.25) is 0 Å². The van der Waals surface area contributed by atoms with Crippen LogP contribution in [0.15, 0.2) is 12.1 Å². The molecule has 184 valence electrons. The predicted molar refractivity (Wildman–Crippen MR) is 132 cm³/mol. The lowest BCUT2D eigenvalue weighted by Crippen LogP contribution is -2.14. The molecule has 0 saturated carbocycles. The fraction of sp³-hybridized carbons (Fsp3) is 0.630. The second-order valence-electron chi connectivity index (χ2n) is 7.97. The minimum absolute atomic E-state index is 0.0172. The first-order valence-corrected chi connectivity index (χ1v) is 11.7. The van der Waals surface area contributed by atoms with E-state index in [1.165, 1.54) is 19.1 Å². The Morgan fingerprint density at radius 2 is 1.50 bits per heavy atom. The van der Waals surface area contributed by atoms with E-state index in [1.54, 1.807) is 6.92 Å². The topological polar surface area (TPSA) is 68.3 Å². The van der Waals surface area contributed by atoms with Gasteiger partial charge >= 0.3 is 0 Å². The van der Waals surface area contributed by atoms with E-state index in [0.29, 0.717) is 36.4 Å². The highest BCUT2D eigenvalue weighted by atomic mass is 19.1. The average molecular weight is 453 g/mol. The van der Waals surface area contributed by atoms with Gasteiger partial charge in [-0.15, -0.1) is 0 Å². The summed E-state index contributed by atoms with van der Waals surface area (Å²) in [6, 6.07) is 2.69. The SMILES string of the molecule is CC.CC=O.CCC(=O)CCC(C)C.CCC(C)C(=O)c1cc(F)c(C(C)C)cc1C=O. The number of Topliss-reactive ketones (excluding diaryl/α,β-unsaturated/α-hetero) is 2. The fourth-order valence-corrected chi connectivity index (χ4v) is 2.44. The number of halogens is 1. The minimum Gasteiger partial charge on any atom is -0.304 e. The number of ketones is 2. The zero-order chi connectivity index (χ0) is 25.9. The number of hydrogen-bond acceptors (Lipinski definition) is 4. The zero-order valence-electron chi connectivity index (χ0n) is 21.9. The van der Waals surface area contributed by atoms with E-state index < -0.39 is 5.82 Å². The van der Waals surface area contributed by atoms with Gasteiger partial charge < -0.3 is 4.79 Å². The van der Waals surface area contributed by atoms with E-state index in [1.807, 2.05) is 41.5 Å². The summed E-state index contributed by atoms with van der Waals surface area (Å²) < 4.78 is 13.9. The van der Waals surface area contributed by atoms with E-state index in [-0.39, 0.29) is 28.7 Å². The van der Waals surface area contributed by atoms with E-state index in [0.717, 1.165) is 19.1 Å². The molecule has 0 aliphatic carbocycles. The molecule has 1 unspecified atom stereocenters. The molecule has 0 bridgehead atoms. The van der Waals surface area contributed by atoms with Gasteiger partial charge in [0.25, 0.3) is 0 Å². The van der Waals surface area contributed by atoms with Crippen molar-refractivity contribution in [2.24, 2.45) is 11.8 Å². The van der Waals surface area contributed by atoms with Crippen LogP contribution in [0.2, 0.25) is 0 Å². The van der Waals surface area contributed by atoms with Crippen molar-refractivity contribution in [3.8, 4) is 0 Å². The van der Waals surface area contributed by atoms with E-state index >= 15 is 0 Å². The highest BCUT2D eigenvalue weighted by molar-refractivity contribution is 6.04. The van der Waals surface area contributed by atoms with Crippen LogP contribution in [0.3, 0.4) is 0 Å². The Labute approximate surface area is 195 Å². The smallest absolute Gasteiger partial charge is 0.166 e. The third kappa shape index (κ3) is 14.8. The Morgan fingerprint density at radius 3 is 1.84 bits per heavy atom. The monoisotopic (exact) mass is 452 g/mol. The molecule has 1 aromatic rings. The first-order chi connectivity index (χ1) is 15.0. The van der Waals surface area contributed by atoms with Crippen LogP contribution < -0.4 is 0 Å². The van der Waals surface area contributed by atoms with Gasteiger partial charge in [0.05, 0.1) is 0 Å². The maximum absolute atomic E-state index is 13.9. The normalized spacial score (nSPS) is 10.5. The molecule has 0 amide bonds. The lowest BCUT2D eigenvalue weighted by Gasteiger charge is -2.13. The number of hydrogen-bond donors (Lipinski definition) is 0. The Morgan fingerprint density at radius 1 is 1.00 bits per heavy atom. The van der Waals surface area contributed by atoms with Gasteiger partial charge in [-0.1, -0.05) is 62.3 Å². The van der Waals surface area contributed by atoms with Gasteiger partial charge in [0.1, 0.15) is 17.9 Å². The minimum atomic E-state index is -0.415. The van der Waals surface area contributed by atoms with Crippen molar-refractivity contribution in [3.63, 3.8) is 0 Å². The summed E-state index contributed by atoms with van der Waals surface area (Å²) in [5, 5.41) is 0. The molecule has 0 aliphatic heterocycles. The second-order valence-corrected chi connectivity index (χ2v) is 7.97. The number of benzene rings is 1. The summed E-state index contributed by atoms with van der Waals surface area (Å²) in [7, 11) is 0. The molecule has 0 aromatic heterocycles. The van der Waals surface area contributed by atoms with Crippen LogP contribution in [-0.4, -0.2) is 24.1 Å². The van der Waals surface area contributed by atoms with E-state index in [4.69, 9.17) is 4.79 Å². The molecule has 1 rings (SSSR count). The molecular weight excluding hydrogens is 407 g/mol. The van der Waals surface area contributed by atoms with Crippen molar-refractivity contribution in [2.75, 3.05) is 0 Å². The standard InChI is InChI=1S/C15H19FO2.C8H16O.C2H4O.C2H6/c1-5-10(4)15(18)13-7-14(16)12(9(2)3)6-11(13)8-17;1-4-8(9)6-5-7(2)3;1-2-3;1-2/h6-10H,5H2,1-4H3;7H,4-6H2,1-3H3;2H,1H3;1-2H3. The van der Waals surface area contributed by atoms with Crippen LogP contribution in [0.5, 0.6) is 0 Å². The molecule has 32 heavy (non-hydrogen) atoms. The van der Waals surface area contributed by atoms with Crippen LogP contribution >= 0.6 is 0 Å². The van der Waals surface area contributed by atoms with Crippen molar-refractivity contribution < 1.29 is 23.6 Å². The van der Waals surface area contributed by atoms with Gasteiger partial charge in [-0.2, -0.15) is 0 Å². The quantitative estimate of drug-likeness (QED) is 0.285. The largest absolute Gasteiger partial charge is 0.304 e. The van der Waals surface area contributed by atoms with Crippen molar-refractivity contribution in [1.29, 1.82) is 0 Å². The molecule has 0 N–H and O–H groups in total. The maximum Gasteiger partial charge on any atom is 0.166 e. The van der Waals surface area contributed by atoms with Crippen LogP contribution in [0.25, 0.3) is 0 Å². The summed E-state index contributed by atoms with van der Waals surface area (Å²) in [6.45, 7) is 19.0. The highest BCUT2D eigenvalue weighted by Gasteiger charge is 2.20. The molecule has 0 heterocycles. The van der Waals surface area contributed by atoms with Gasteiger partial charge in [-0.05, 0) is 49.3 Å².